The summed E-state index contributed by atoms with van der Waals surface area (Å²) in [7, 11) is 1.62. The highest BCUT2D eigenvalue weighted by Crippen LogP contribution is 2.19. The van der Waals surface area contributed by atoms with Gasteiger partial charge in [-0.3, -0.25) is 14.4 Å². The van der Waals surface area contributed by atoms with Crippen LogP contribution >= 0.6 is 0 Å². The minimum atomic E-state index is -0.720. The monoisotopic (exact) mass is 448 g/mol. The maximum absolute atomic E-state index is 13.3. The van der Waals surface area contributed by atoms with E-state index in [0.717, 1.165) is 18.2 Å². The number of nitrogens with zero attached hydrogens (tertiary/aromatic N) is 2. The Morgan fingerprint density at radius 3 is 2.56 bits per heavy atom. The van der Waals surface area contributed by atoms with Crippen LogP contribution in [0.25, 0.3) is 0 Å². The molecule has 0 radical (unpaired) electrons. The van der Waals surface area contributed by atoms with Crippen molar-refractivity contribution in [2.24, 2.45) is 5.92 Å². The van der Waals surface area contributed by atoms with Crippen molar-refractivity contribution < 1.29 is 27.7 Å². The first kappa shape index (κ1) is 23.4. The van der Waals surface area contributed by atoms with Crippen molar-refractivity contribution in [3.8, 4) is 0 Å². The van der Waals surface area contributed by atoms with Crippen LogP contribution in [-0.2, 0) is 16.1 Å². The maximum atomic E-state index is 13.3. The Kier molecular flexibility index (Phi) is 7.55. The molecule has 1 aliphatic rings. The van der Waals surface area contributed by atoms with Gasteiger partial charge in [0, 0.05) is 50.7 Å². The van der Waals surface area contributed by atoms with E-state index in [2.05, 4.69) is 15.8 Å². The summed E-state index contributed by atoms with van der Waals surface area (Å²) in [5, 5.41) is 9.23. The van der Waals surface area contributed by atoms with Gasteiger partial charge in [-0.1, -0.05) is 11.6 Å². The van der Waals surface area contributed by atoms with Gasteiger partial charge in [0.15, 0.2) is 5.69 Å². The van der Waals surface area contributed by atoms with E-state index in [9.17, 15) is 23.2 Å². The lowest BCUT2D eigenvalue weighted by molar-refractivity contribution is -0.135. The number of rotatable bonds is 5. The van der Waals surface area contributed by atoms with Crippen molar-refractivity contribution in [3.63, 3.8) is 0 Å². The first-order valence-corrected chi connectivity index (χ1v) is 10.4. The summed E-state index contributed by atoms with van der Waals surface area (Å²) in [5.74, 6) is -2.45. The number of hydrogen-bond donors (Lipinski definition) is 2. The number of aryl methyl sites for hydroxylation is 1. The van der Waals surface area contributed by atoms with Crippen LogP contribution < -0.4 is 10.6 Å². The Labute approximate surface area is 184 Å². The zero-order chi connectivity index (χ0) is 23.3. The number of halogens is 2. The van der Waals surface area contributed by atoms with Crippen LogP contribution in [0.2, 0.25) is 0 Å². The SMILES string of the molecule is Cc1cc(C(=O)N[C@@H]2CCC[C@@H](C(=O)NCc3cc(F)cc(F)c3)CC(=O)N(C)C2)no1. The molecular formula is C22H26F2N4O4. The number of likely N-dealkylation sites (N-methyl/N-ethyl adjacent to an activating group) is 1. The zero-order valence-electron chi connectivity index (χ0n) is 18.0. The molecule has 0 bridgehead atoms. The van der Waals surface area contributed by atoms with Crippen molar-refractivity contribution in [2.45, 2.75) is 45.2 Å². The number of carbonyl (C=O) groups is 3. The number of nitrogens with one attached hydrogen (secondary N) is 2. The molecule has 32 heavy (non-hydrogen) atoms. The van der Waals surface area contributed by atoms with Gasteiger partial charge in [-0.15, -0.1) is 0 Å². The molecule has 2 aromatic rings. The van der Waals surface area contributed by atoms with Gasteiger partial charge in [0.25, 0.3) is 5.91 Å². The molecular weight excluding hydrogens is 422 g/mol. The first-order valence-electron chi connectivity index (χ1n) is 10.4. The van der Waals surface area contributed by atoms with Gasteiger partial charge in [0.1, 0.15) is 17.4 Å². The standard InChI is InChI=1S/C22H26F2N4O4/c1-13-6-19(27-32-13)22(31)26-18-5-3-4-15(9-20(29)28(2)12-18)21(30)25-11-14-7-16(23)10-17(24)8-14/h6-8,10,15,18H,3-5,9,11-12H2,1-2H3,(H,25,30)(H,26,31)/t15-,18-/m1/s1. The summed E-state index contributed by atoms with van der Waals surface area (Å²) in [5.41, 5.74) is 0.468. The average Bonchev–Trinajstić information content (AvgIpc) is 3.18. The molecule has 0 unspecified atom stereocenters. The third-order valence-corrected chi connectivity index (χ3v) is 5.40. The molecule has 2 N–H and O–H groups in total. The second-order valence-electron chi connectivity index (χ2n) is 8.09. The van der Waals surface area contributed by atoms with Gasteiger partial charge in [0.2, 0.25) is 11.8 Å². The molecule has 8 nitrogen and oxygen atoms in total. The lowest BCUT2D eigenvalue weighted by atomic mass is 9.96. The summed E-state index contributed by atoms with van der Waals surface area (Å²) in [6.07, 6.45) is 1.64. The van der Waals surface area contributed by atoms with Crippen molar-refractivity contribution in [1.82, 2.24) is 20.7 Å². The molecule has 1 saturated heterocycles. The highest BCUT2D eigenvalue weighted by molar-refractivity contribution is 5.92. The van der Waals surface area contributed by atoms with Gasteiger partial charge in [-0.25, -0.2) is 8.78 Å². The quantitative estimate of drug-likeness (QED) is 0.731. The van der Waals surface area contributed by atoms with Crippen molar-refractivity contribution in [2.75, 3.05) is 13.6 Å². The number of amides is 3. The molecule has 0 spiro atoms. The second-order valence-corrected chi connectivity index (χ2v) is 8.09. The van der Waals surface area contributed by atoms with Crippen LogP contribution in [0, 0.1) is 24.5 Å². The van der Waals surface area contributed by atoms with E-state index in [1.54, 1.807) is 14.0 Å². The molecule has 2 atom stereocenters. The first-order chi connectivity index (χ1) is 15.2. The Morgan fingerprint density at radius 1 is 1.19 bits per heavy atom. The van der Waals surface area contributed by atoms with Crippen LogP contribution in [0.4, 0.5) is 8.78 Å². The molecule has 1 fully saturated rings. The largest absolute Gasteiger partial charge is 0.361 e. The fraction of sp³-hybridized carbons (Fsp3) is 0.455. The van der Waals surface area contributed by atoms with Gasteiger partial charge in [-0.2, -0.15) is 0 Å². The minimum absolute atomic E-state index is 0.0169. The van der Waals surface area contributed by atoms with Crippen LogP contribution in [0.1, 0.15) is 47.5 Å². The summed E-state index contributed by atoms with van der Waals surface area (Å²) in [6, 6.07) is 4.29. The lowest BCUT2D eigenvalue weighted by Gasteiger charge is -2.24. The Bertz CT molecular complexity index is 974. The Hall–Kier alpha value is -3.30. The smallest absolute Gasteiger partial charge is 0.273 e. The lowest BCUT2D eigenvalue weighted by Crippen LogP contribution is -2.44. The van der Waals surface area contributed by atoms with E-state index in [0.29, 0.717) is 37.1 Å². The van der Waals surface area contributed by atoms with Crippen LogP contribution in [0.3, 0.4) is 0 Å². The molecule has 1 aliphatic heterocycles. The Balaban J connectivity index is 1.59. The van der Waals surface area contributed by atoms with E-state index in [1.807, 2.05) is 0 Å². The van der Waals surface area contributed by atoms with E-state index >= 15 is 0 Å². The summed E-state index contributed by atoms with van der Waals surface area (Å²) >= 11 is 0. The topological polar surface area (TPSA) is 105 Å². The van der Waals surface area contributed by atoms with Gasteiger partial charge >= 0.3 is 0 Å². The number of benzene rings is 1. The highest BCUT2D eigenvalue weighted by Gasteiger charge is 2.28. The summed E-state index contributed by atoms with van der Waals surface area (Å²) in [4.78, 5) is 39.1. The number of hydrogen-bond acceptors (Lipinski definition) is 5. The van der Waals surface area contributed by atoms with E-state index in [4.69, 9.17) is 4.52 Å². The third kappa shape index (κ3) is 6.35. The molecule has 0 saturated carbocycles. The van der Waals surface area contributed by atoms with Crippen LogP contribution in [0.5, 0.6) is 0 Å². The van der Waals surface area contributed by atoms with Gasteiger partial charge in [0.05, 0.1) is 0 Å². The normalized spacial score (nSPS) is 19.6. The fourth-order valence-corrected chi connectivity index (χ4v) is 3.72. The molecule has 3 rings (SSSR count). The molecule has 10 heteroatoms. The molecule has 172 valence electrons. The molecule has 1 aromatic heterocycles. The van der Waals surface area contributed by atoms with Crippen LogP contribution in [0.15, 0.2) is 28.8 Å². The van der Waals surface area contributed by atoms with E-state index in [1.165, 1.54) is 11.0 Å². The van der Waals surface area contributed by atoms with E-state index in [-0.39, 0.29) is 42.4 Å². The molecule has 1 aromatic carbocycles. The van der Waals surface area contributed by atoms with Crippen molar-refractivity contribution >= 4 is 17.7 Å². The second kappa shape index (κ2) is 10.3. The van der Waals surface area contributed by atoms with Gasteiger partial charge < -0.3 is 20.1 Å². The van der Waals surface area contributed by atoms with Crippen molar-refractivity contribution in [3.05, 3.63) is 52.9 Å². The number of carbonyl (C=O) groups excluding carboxylic acids is 3. The van der Waals surface area contributed by atoms with Crippen LogP contribution in [-0.4, -0.2) is 47.4 Å². The third-order valence-electron chi connectivity index (χ3n) is 5.40. The predicted octanol–water partition coefficient (Wildman–Crippen LogP) is 2.32. The number of aromatic nitrogens is 1. The summed E-state index contributed by atoms with van der Waals surface area (Å²) < 4.78 is 31.6. The van der Waals surface area contributed by atoms with Crippen molar-refractivity contribution in [1.29, 1.82) is 0 Å². The predicted molar refractivity (Wildman–Crippen MR) is 110 cm³/mol. The average molecular weight is 448 g/mol. The molecule has 0 aliphatic carbocycles. The van der Waals surface area contributed by atoms with Gasteiger partial charge in [-0.05, 0) is 37.5 Å². The van der Waals surface area contributed by atoms with E-state index < -0.39 is 17.6 Å². The maximum Gasteiger partial charge on any atom is 0.273 e. The summed E-state index contributed by atoms with van der Waals surface area (Å²) in [6.45, 7) is 1.95. The fourth-order valence-electron chi connectivity index (χ4n) is 3.72. The molecule has 3 amide bonds. The minimum Gasteiger partial charge on any atom is -0.361 e. The highest BCUT2D eigenvalue weighted by atomic mass is 19.1. The molecule has 2 heterocycles. The Morgan fingerprint density at radius 2 is 1.91 bits per heavy atom. The zero-order valence-corrected chi connectivity index (χ0v) is 18.0.